The van der Waals surface area contributed by atoms with Gasteiger partial charge in [-0.2, -0.15) is 0 Å². The molecule has 0 bridgehead atoms. The molecule has 0 aliphatic heterocycles. The molecule has 1 heterocycles. The number of aryl methyl sites for hydroxylation is 1. The summed E-state index contributed by atoms with van der Waals surface area (Å²) in [6.45, 7) is 7.60. The quantitative estimate of drug-likeness (QED) is 0.595. The number of rotatable bonds is 11. The summed E-state index contributed by atoms with van der Waals surface area (Å²) in [4.78, 5) is 4.53. The Morgan fingerprint density at radius 2 is 1.80 bits per heavy atom. The van der Waals surface area contributed by atoms with Gasteiger partial charge in [-0.1, -0.05) is 58.4 Å². The Bertz CT molecular complexity index is 332. The Hall–Kier alpha value is -0.890. The van der Waals surface area contributed by atoms with E-state index in [9.17, 15) is 0 Å². The number of nitrogens with zero attached hydrogens (tertiary/aromatic N) is 1. The van der Waals surface area contributed by atoms with Gasteiger partial charge in [0, 0.05) is 24.4 Å². The summed E-state index contributed by atoms with van der Waals surface area (Å²) in [5.41, 5.74) is 2.46. The van der Waals surface area contributed by atoms with Gasteiger partial charge in [0.2, 0.25) is 0 Å². The third kappa shape index (κ3) is 7.64. The minimum absolute atomic E-state index is 0.585. The Morgan fingerprint density at radius 1 is 1.05 bits per heavy atom. The molecule has 1 aromatic rings. The lowest BCUT2D eigenvalue weighted by molar-refractivity contribution is 0.456. The molecule has 1 unspecified atom stereocenters. The van der Waals surface area contributed by atoms with Crippen molar-refractivity contribution in [3.8, 4) is 0 Å². The molecule has 114 valence electrons. The SMILES string of the molecule is CCCCCCCCC(Cc1ccc(C)cn1)NCC. The zero-order valence-electron chi connectivity index (χ0n) is 13.6. The van der Waals surface area contributed by atoms with Crippen LogP contribution in [-0.4, -0.2) is 17.6 Å². The first kappa shape index (κ1) is 17.2. The van der Waals surface area contributed by atoms with Crippen LogP contribution < -0.4 is 5.32 Å². The van der Waals surface area contributed by atoms with Gasteiger partial charge < -0.3 is 5.32 Å². The highest BCUT2D eigenvalue weighted by atomic mass is 14.9. The number of hydrogen-bond acceptors (Lipinski definition) is 2. The van der Waals surface area contributed by atoms with Crippen molar-refractivity contribution in [3.63, 3.8) is 0 Å². The molecule has 1 aromatic heterocycles. The minimum Gasteiger partial charge on any atom is -0.314 e. The molecule has 1 N–H and O–H groups in total. The van der Waals surface area contributed by atoms with E-state index in [-0.39, 0.29) is 0 Å². The fourth-order valence-electron chi connectivity index (χ4n) is 2.61. The summed E-state index contributed by atoms with van der Waals surface area (Å²) in [5.74, 6) is 0. The molecule has 0 aliphatic rings. The molecule has 1 rings (SSSR count). The molecule has 0 amide bonds. The predicted molar refractivity (Wildman–Crippen MR) is 88.1 cm³/mol. The van der Waals surface area contributed by atoms with Crippen LogP contribution in [0.15, 0.2) is 18.3 Å². The predicted octanol–water partition coefficient (Wildman–Crippen LogP) is 4.66. The second-order valence-electron chi connectivity index (χ2n) is 5.84. The molecule has 2 nitrogen and oxygen atoms in total. The van der Waals surface area contributed by atoms with Crippen molar-refractivity contribution in [2.24, 2.45) is 0 Å². The molecule has 20 heavy (non-hydrogen) atoms. The Morgan fingerprint density at radius 3 is 2.45 bits per heavy atom. The van der Waals surface area contributed by atoms with Crippen LogP contribution in [0, 0.1) is 6.92 Å². The maximum absolute atomic E-state index is 4.53. The fourth-order valence-corrected chi connectivity index (χ4v) is 2.61. The van der Waals surface area contributed by atoms with E-state index >= 15 is 0 Å². The second kappa shape index (κ2) is 10.8. The van der Waals surface area contributed by atoms with Crippen LogP contribution in [0.5, 0.6) is 0 Å². The van der Waals surface area contributed by atoms with E-state index in [2.05, 4.69) is 43.2 Å². The summed E-state index contributed by atoms with van der Waals surface area (Å²) >= 11 is 0. The van der Waals surface area contributed by atoms with Crippen molar-refractivity contribution in [2.75, 3.05) is 6.54 Å². The highest BCUT2D eigenvalue weighted by molar-refractivity contribution is 5.13. The van der Waals surface area contributed by atoms with Gasteiger partial charge in [0.15, 0.2) is 0 Å². The van der Waals surface area contributed by atoms with E-state index < -0.39 is 0 Å². The number of pyridine rings is 1. The Balaban J connectivity index is 2.27. The molecule has 1 atom stereocenters. The van der Waals surface area contributed by atoms with Gasteiger partial charge in [-0.15, -0.1) is 0 Å². The van der Waals surface area contributed by atoms with E-state index in [0.717, 1.165) is 13.0 Å². The lowest BCUT2D eigenvalue weighted by atomic mass is 10.0. The first-order valence-electron chi connectivity index (χ1n) is 8.41. The molecular weight excluding hydrogens is 244 g/mol. The van der Waals surface area contributed by atoms with E-state index in [0.29, 0.717) is 6.04 Å². The lowest BCUT2D eigenvalue weighted by Gasteiger charge is -2.17. The van der Waals surface area contributed by atoms with E-state index in [1.165, 1.54) is 56.2 Å². The van der Waals surface area contributed by atoms with Crippen LogP contribution in [0.4, 0.5) is 0 Å². The number of aromatic nitrogens is 1. The van der Waals surface area contributed by atoms with Gasteiger partial charge in [-0.3, -0.25) is 4.98 Å². The highest BCUT2D eigenvalue weighted by Gasteiger charge is 2.08. The maximum Gasteiger partial charge on any atom is 0.0419 e. The molecule has 0 fully saturated rings. The average molecular weight is 276 g/mol. The highest BCUT2D eigenvalue weighted by Crippen LogP contribution is 2.11. The van der Waals surface area contributed by atoms with Crippen LogP contribution in [0.2, 0.25) is 0 Å². The third-order valence-electron chi connectivity index (χ3n) is 3.83. The zero-order valence-corrected chi connectivity index (χ0v) is 13.6. The standard InChI is InChI=1S/C18H32N2/c1-4-6-7-8-9-10-11-17(19-5-2)14-18-13-12-16(3)15-20-18/h12-13,15,17,19H,4-11,14H2,1-3H3. The molecule has 2 heteroatoms. The van der Waals surface area contributed by atoms with E-state index in [1.807, 2.05) is 6.20 Å². The minimum atomic E-state index is 0.585. The van der Waals surface area contributed by atoms with Crippen LogP contribution in [0.3, 0.4) is 0 Å². The number of nitrogens with one attached hydrogen (secondary N) is 1. The van der Waals surface area contributed by atoms with Gasteiger partial charge in [0.25, 0.3) is 0 Å². The smallest absolute Gasteiger partial charge is 0.0419 e. The fraction of sp³-hybridized carbons (Fsp3) is 0.722. The van der Waals surface area contributed by atoms with Crippen molar-refractivity contribution in [1.82, 2.24) is 10.3 Å². The molecule has 0 spiro atoms. The molecule has 0 radical (unpaired) electrons. The van der Waals surface area contributed by atoms with E-state index in [1.54, 1.807) is 0 Å². The third-order valence-corrected chi connectivity index (χ3v) is 3.83. The first-order chi connectivity index (χ1) is 9.76. The van der Waals surface area contributed by atoms with Crippen molar-refractivity contribution in [2.45, 2.75) is 78.2 Å². The van der Waals surface area contributed by atoms with Crippen LogP contribution in [0.1, 0.15) is 70.1 Å². The summed E-state index contributed by atoms with van der Waals surface area (Å²) in [6.07, 6.45) is 12.6. The van der Waals surface area contributed by atoms with Crippen molar-refractivity contribution in [1.29, 1.82) is 0 Å². The topological polar surface area (TPSA) is 24.9 Å². The van der Waals surface area contributed by atoms with Crippen molar-refractivity contribution in [3.05, 3.63) is 29.6 Å². The average Bonchev–Trinajstić information content (AvgIpc) is 2.45. The van der Waals surface area contributed by atoms with Gasteiger partial charge in [0.05, 0.1) is 0 Å². The maximum atomic E-state index is 4.53. The van der Waals surface area contributed by atoms with Gasteiger partial charge in [0.1, 0.15) is 0 Å². The molecule has 0 saturated carbocycles. The summed E-state index contributed by atoms with van der Waals surface area (Å²) < 4.78 is 0. The summed E-state index contributed by atoms with van der Waals surface area (Å²) in [7, 11) is 0. The van der Waals surface area contributed by atoms with Gasteiger partial charge in [-0.05, 0) is 31.5 Å². The first-order valence-corrected chi connectivity index (χ1v) is 8.41. The zero-order chi connectivity index (χ0) is 14.6. The Labute approximate surface area is 125 Å². The second-order valence-corrected chi connectivity index (χ2v) is 5.84. The molecule has 0 saturated heterocycles. The van der Waals surface area contributed by atoms with Gasteiger partial charge in [-0.25, -0.2) is 0 Å². The normalized spacial score (nSPS) is 12.6. The van der Waals surface area contributed by atoms with E-state index in [4.69, 9.17) is 0 Å². The summed E-state index contributed by atoms with van der Waals surface area (Å²) in [6, 6.07) is 4.91. The molecule has 0 aliphatic carbocycles. The van der Waals surface area contributed by atoms with Crippen molar-refractivity contribution < 1.29 is 0 Å². The summed E-state index contributed by atoms with van der Waals surface area (Å²) in [5, 5.41) is 3.61. The number of likely N-dealkylation sites (N-methyl/N-ethyl adjacent to an activating group) is 1. The van der Waals surface area contributed by atoms with Crippen molar-refractivity contribution >= 4 is 0 Å². The Kier molecular flexibility index (Phi) is 9.31. The van der Waals surface area contributed by atoms with Crippen LogP contribution >= 0.6 is 0 Å². The number of hydrogen-bond donors (Lipinski definition) is 1. The largest absolute Gasteiger partial charge is 0.314 e. The van der Waals surface area contributed by atoms with Crippen LogP contribution in [0.25, 0.3) is 0 Å². The molecular formula is C18H32N2. The monoisotopic (exact) mass is 276 g/mol. The lowest BCUT2D eigenvalue weighted by Crippen LogP contribution is -2.31. The van der Waals surface area contributed by atoms with Gasteiger partial charge >= 0.3 is 0 Å². The van der Waals surface area contributed by atoms with Crippen LogP contribution in [-0.2, 0) is 6.42 Å². The number of unbranched alkanes of at least 4 members (excludes halogenated alkanes) is 5. The molecule has 0 aromatic carbocycles.